The molecule has 92 valence electrons. The minimum absolute atomic E-state index is 0.778. The third-order valence-corrected chi connectivity index (χ3v) is 3.03. The Balaban J connectivity index is 2.40. The van der Waals surface area contributed by atoms with E-state index >= 15 is 0 Å². The summed E-state index contributed by atoms with van der Waals surface area (Å²) in [5, 5.41) is 7.50. The van der Waals surface area contributed by atoms with Crippen LogP contribution >= 0.6 is 0 Å². The van der Waals surface area contributed by atoms with Crippen LogP contribution in [0, 0.1) is 11.8 Å². The van der Waals surface area contributed by atoms with Crippen molar-refractivity contribution in [2.24, 2.45) is 18.9 Å². The van der Waals surface area contributed by atoms with E-state index in [1.165, 1.54) is 18.5 Å². The Morgan fingerprint density at radius 1 is 1.44 bits per heavy atom. The minimum Gasteiger partial charge on any atom is -0.319 e. The van der Waals surface area contributed by atoms with Gasteiger partial charge in [0.05, 0.1) is 0 Å². The van der Waals surface area contributed by atoms with Gasteiger partial charge in [-0.25, -0.2) is 0 Å². The van der Waals surface area contributed by atoms with Crippen LogP contribution in [0.25, 0.3) is 0 Å². The normalized spacial score (nSPS) is 13.3. The number of aromatic nitrogens is 2. The van der Waals surface area contributed by atoms with E-state index in [0.717, 1.165) is 24.8 Å². The third kappa shape index (κ3) is 4.35. The predicted molar refractivity (Wildman–Crippen MR) is 68.4 cm³/mol. The molecule has 0 saturated carbocycles. The van der Waals surface area contributed by atoms with Gasteiger partial charge in [0.25, 0.3) is 0 Å². The molecule has 1 N–H and O–H groups in total. The highest BCUT2D eigenvalue weighted by molar-refractivity contribution is 5.00. The average molecular weight is 223 g/mol. The molecule has 0 radical (unpaired) electrons. The molecule has 0 aromatic carbocycles. The van der Waals surface area contributed by atoms with Crippen LogP contribution in [0.3, 0.4) is 0 Å². The monoisotopic (exact) mass is 223 g/mol. The standard InChI is InChI=1S/C13H25N3/c1-11(2)9-12(10-14-3)5-6-13-7-8-15-16(13)4/h7-8,11-12,14H,5-6,9-10H2,1-4H3. The first-order chi connectivity index (χ1) is 7.63. The molecule has 0 aliphatic heterocycles. The molecule has 1 atom stereocenters. The lowest BCUT2D eigenvalue weighted by molar-refractivity contribution is 0.373. The van der Waals surface area contributed by atoms with Crippen molar-refractivity contribution in [3.8, 4) is 0 Å². The molecule has 1 aromatic heterocycles. The second-order valence-corrected chi connectivity index (χ2v) is 5.04. The number of nitrogens with zero attached hydrogens (tertiary/aromatic N) is 2. The molecule has 1 aromatic rings. The average Bonchev–Trinajstić information content (AvgIpc) is 2.60. The van der Waals surface area contributed by atoms with Crippen LogP contribution in [0.15, 0.2) is 12.3 Å². The van der Waals surface area contributed by atoms with Crippen molar-refractivity contribution in [3.05, 3.63) is 18.0 Å². The summed E-state index contributed by atoms with van der Waals surface area (Å²) >= 11 is 0. The van der Waals surface area contributed by atoms with Gasteiger partial charge in [0.15, 0.2) is 0 Å². The third-order valence-electron chi connectivity index (χ3n) is 3.03. The minimum atomic E-state index is 0.778. The van der Waals surface area contributed by atoms with Crippen LogP contribution < -0.4 is 5.32 Å². The first kappa shape index (κ1) is 13.2. The van der Waals surface area contributed by atoms with Crippen molar-refractivity contribution in [1.82, 2.24) is 15.1 Å². The lowest BCUT2D eigenvalue weighted by Crippen LogP contribution is -2.21. The van der Waals surface area contributed by atoms with Gasteiger partial charge in [-0.2, -0.15) is 5.10 Å². The van der Waals surface area contributed by atoms with Gasteiger partial charge in [-0.1, -0.05) is 13.8 Å². The number of nitrogens with one attached hydrogen (secondary N) is 1. The summed E-state index contributed by atoms with van der Waals surface area (Å²) in [4.78, 5) is 0. The van der Waals surface area contributed by atoms with Gasteiger partial charge in [-0.3, -0.25) is 4.68 Å². The van der Waals surface area contributed by atoms with Gasteiger partial charge in [-0.05, 0) is 50.8 Å². The molecule has 0 aliphatic carbocycles. The van der Waals surface area contributed by atoms with E-state index in [1.54, 1.807) is 0 Å². The Bertz CT molecular complexity index is 291. The van der Waals surface area contributed by atoms with Crippen molar-refractivity contribution < 1.29 is 0 Å². The highest BCUT2D eigenvalue weighted by atomic mass is 15.2. The fourth-order valence-electron chi connectivity index (χ4n) is 2.26. The van der Waals surface area contributed by atoms with Crippen LogP contribution in [0.4, 0.5) is 0 Å². The van der Waals surface area contributed by atoms with E-state index in [2.05, 4.69) is 30.3 Å². The molecule has 0 spiro atoms. The molecule has 0 aliphatic rings. The van der Waals surface area contributed by atoms with Gasteiger partial charge in [0, 0.05) is 18.9 Å². The summed E-state index contributed by atoms with van der Waals surface area (Å²) in [6.45, 7) is 5.72. The number of rotatable bonds is 7. The summed E-state index contributed by atoms with van der Waals surface area (Å²) in [7, 11) is 4.06. The Morgan fingerprint density at radius 2 is 2.19 bits per heavy atom. The molecule has 1 rings (SSSR count). The second kappa shape index (κ2) is 6.69. The van der Waals surface area contributed by atoms with E-state index in [-0.39, 0.29) is 0 Å². The summed E-state index contributed by atoms with van der Waals surface area (Å²) in [6, 6.07) is 2.12. The van der Waals surface area contributed by atoms with E-state index in [1.807, 2.05) is 25.0 Å². The zero-order valence-corrected chi connectivity index (χ0v) is 11.0. The van der Waals surface area contributed by atoms with Crippen molar-refractivity contribution in [2.75, 3.05) is 13.6 Å². The number of hydrogen-bond acceptors (Lipinski definition) is 2. The van der Waals surface area contributed by atoms with Crippen LogP contribution in [0.2, 0.25) is 0 Å². The zero-order chi connectivity index (χ0) is 12.0. The molecular weight excluding hydrogens is 198 g/mol. The van der Waals surface area contributed by atoms with E-state index < -0.39 is 0 Å². The summed E-state index contributed by atoms with van der Waals surface area (Å²) in [5.74, 6) is 1.56. The van der Waals surface area contributed by atoms with Gasteiger partial charge in [0.1, 0.15) is 0 Å². The quantitative estimate of drug-likeness (QED) is 0.768. The smallest absolute Gasteiger partial charge is 0.0492 e. The van der Waals surface area contributed by atoms with Crippen molar-refractivity contribution in [1.29, 1.82) is 0 Å². The molecule has 3 heteroatoms. The Labute approximate surface area is 99.2 Å². The molecule has 0 saturated heterocycles. The van der Waals surface area contributed by atoms with Crippen molar-refractivity contribution >= 4 is 0 Å². The summed E-state index contributed by atoms with van der Waals surface area (Å²) in [6.07, 6.45) is 5.57. The molecule has 16 heavy (non-hydrogen) atoms. The van der Waals surface area contributed by atoms with E-state index in [0.29, 0.717) is 0 Å². The molecule has 0 fully saturated rings. The molecule has 0 amide bonds. The molecular formula is C13H25N3. The second-order valence-electron chi connectivity index (χ2n) is 5.04. The molecule has 1 heterocycles. The van der Waals surface area contributed by atoms with Crippen molar-refractivity contribution in [2.45, 2.75) is 33.1 Å². The predicted octanol–water partition coefficient (Wildman–Crippen LogP) is 2.23. The Kier molecular flexibility index (Phi) is 5.53. The summed E-state index contributed by atoms with van der Waals surface area (Å²) < 4.78 is 1.98. The van der Waals surface area contributed by atoms with E-state index in [9.17, 15) is 0 Å². The fraction of sp³-hybridized carbons (Fsp3) is 0.769. The van der Waals surface area contributed by atoms with E-state index in [4.69, 9.17) is 0 Å². The van der Waals surface area contributed by atoms with Gasteiger partial charge < -0.3 is 5.32 Å². The number of aryl methyl sites for hydroxylation is 2. The first-order valence-electron chi connectivity index (χ1n) is 6.25. The van der Waals surface area contributed by atoms with Crippen molar-refractivity contribution in [3.63, 3.8) is 0 Å². The van der Waals surface area contributed by atoms with Gasteiger partial charge >= 0.3 is 0 Å². The van der Waals surface area contributed by atoms with Crippen LogP contribution in [0.1, 0.15) is 32.4 Å². The van der Waals surface area contributed by atoms with Crippen LogP contribution in [-0.4, -0.2) is 23.4 Å². The molecule has 3 nitrogen and oxygen atoms in total. The maximum absolute atomic E-state index is 4.20. The van der Waals surface area contributed by atoms with Crippen LogP contribution in [0.5, 0.6) is 0 Å². The lowest BCUT2D eigenvalue weighted by atomic mass is 9.92. The highest BCUT2D eigenvalue weighted by Crippen LogP contribution is 2.17. The lowest BCUT2D eigenvalue weighted by Gasteiger charge is -2.18. The largest absolute Gasteiger partial charge is 0.319 e. The maximum atomic E-state index is 4.20. The Hall–Kier alpha value is -0.830. The molecule has 0 bridgehead atoms. The summed E-state index contributed by atoms with van der Waals surface area (Å²) in [5.41, 5.74) is 1.34. The maximum Gasteiger partial charge on any atom is 0.0492 e. The Morgan fingerprint density at radius 3 is 2.69 bits per heavy atom. The molecule has 1 unspecified atom stereocenters. The zero-order valence-electron chi connectivity index (χ0n) is 11.0. The highest BCUT2D eigenvalue weighted by Gasteiger charge is 2.11. The van der Waals surface area contributed by atoms with Gasteiger partial charge in [-0.15, -0.1) is 0 Å². The topological polar surface area (TPSA) is 29.9 Å². The SMILES string of the molecule is CNCC(CCc1ccnn1C)CC(C)C. The van der Waals surface area contributed by atoms with Gasteiger partial charge in [0.2, 0.25) is 0 Å². The fourth-order valence-corrected chi connectivity index (χ4v) is 2.26. The first-order valence-corrected chi connectivity index (χ1v) is 6.25. The number of hydrogen-bond donors (Lipinski definition) is 1. The van der Waals surface area contributed by atoms with Crippen LogP contribution in [-0.2, 0) is 13.5 Å².